The summed E-state index contributed by atoms with van der Waals surface area (Å²) < 4.78 is 0. The number of anilines is 1. The van der Waals surface area contributed by atoms with Gasteiger partial charge in [0.05, 0.1) is 0 Å². The van der Waals surface area contributed by atoms with Crippen LogP contribution in [-0.4, -0.2) is 29.6 Å². The molecular formula is C13H24N4. The highest BCUT2D eigenvalue weighted by atomic mass is 15.2. The van der Waals surface area contributed by atoms with Crippen LogP contribution in [0.1, 0.15) is 45.2 Å². The Labute approximate surface area is 104 Å². The minimum Gasteiger partial charge on any atom is -0.355 e. The minimum absolute atomic E-state index is 0.433. The molecule has 4 heteroatoms. The summed E-state index contributed by atoms with van der Waals surface area (Å²) in [4.78, 5) is 10.9. The van der Waals surface area contributed by atoms with E-state index in [1.54, 1.807) is 6.33 Å². The molecule has 0 atom stereocenters. The van der Waals surface area contributed by atoms with Gasteiger partial charge in [0.1, 0.15) is 12.1 Å². The monoisotopic (exact) mass is 236 g/mol. The van der Waals surface area contributed by atoms with Gasteiger partial charge in [-0.15, -0.1) is 0 Å². The molecule has 0 aliphatic rings. The van der Waals surface area contributed by atoms with E-state index in [1.807, 2.05) is 0 Å². The second kappa shape index (κ2) is 7.22. The molecule has 0 aliphatic heterocycles. The highest BCUT2D eigenvalue weighted by Gasteiger charge is 2.09. The first kappa shape index (κ1) is 13.9. The number of rotatable bonds is 7. The van der Waals surface area contributed by atoms with Gasteiger partial charge in [-0.05, 0) is 12.3 Å². The number of hydrogen-bond donors (Lipinski definition) is 1. The van der Waals surface area contributed by atoms with Crippen LogP contribution >= 0.6 is 0 Å². The zero-order valence-corrected chi connectivity index (χ0v) is 11.2. The topological polar surface area (TPSA) is 55.0 Å². The Morgan fingerprint density at radius 1 is 1.29 bits per heavy atom. The Bertz CT molecular complexity index is 325. The van der Waals surface area contributed by atoms with Crippen molar-refractivity contribution in [3.63, 3.8) is 0 Å². The molecule has 0 radical (unpaired) electrons. The molecule has 0 saturated heterocycles. The number of hydrogen-bond acceptors (Lipinski definition) is 4. The normalized spacial score (nSPS) is 10.9. The van der Waals surface area contributed by atoms with Gasteiger partial charge in [-0.25, -0.2) is 9.97 Å². The van der Waals surface area contributed by atoms with Crippen LogP contribution in [0.15, 0.2) is 12.4 Å². The van der Waals surface area contributed by atoms with E-state index < -0.39 is 0 Å². The van der Waals surface area contributed by atoms with Crippen molar-refractivity contribution in [1.82, 2.24) is 9.97 Å². The molecule has 0 unspecified atom stereocenters. The van der Waals surface area contributed by atoms with Crippen LogP contribution in [0, 0.1) is 0 Å². The maximum Gasteiger partial charge on any atom is 0.132 e. The smallest absolute Gasteiger partial charge is 0.132 e. The van der Waals surface area contributed by atoms with E-state index >= 15 is 0 Å². The summed E-state index contributed by atoms with van der Waals surface area (Å²) in [6.45, 7) is 9.01. The SMILES string of the molecule is CCCCN(CCN)c1cc(C(C)C)ncn1. The fourth-order valence-corrected chi connectivity index (χ4v) is 1.70. The van der Waals surface area contributed by atoms with Crippen molar-refractivity contribution >= 4 is 5.82 Å². The van der Waals surface area contributed by atoms with Crippen molar-refractivity contribution in [2.24, 2.45) is 5.73 Å². The molecule has 4 nitrogen and oxygen atoms in total. The van der Waals surface area contributed by atoms with Crippen molar-refractivity contribution in [1.29, 1.82) is 0 Å². The molecule has 1 heterocycles. The summed E-state index contributed by atoms with van der Waals surface area (Å²) in [5.74, 6) is 1.44. The lowest BCUT2D eigenvalue weighted by molar-refractivity contribution is 0.702. The van der Waals surface area contributed by atoms with E-state index in [0.29, 0.717) is 12.5 Å². The molecule has 1 aromatic heterocycles. The highest BCUT2D eigenvalue weighted by Crippen LogP contribution is 2.17. The van der Waals surface area contributed by atoms with Crippen molar-refractivity contribution in [2.45, 2.75) is 39.5 Å². The van der Waals surface area contributed by atoms with Gasteiger partial charge in [-0.3, -0.25) is 0 Å². The van der Waals surface area contributed by atoms with E-state index in [0.717, 1.165) is 24.6 Å². The number of nitrogens with two attached hydrogens (primary N) is 1. The third kappa shape index (κ3) is 4.30. The first-order chi connectivity index (χ1) is 8.19. The molecule has 96 valence electrons. The lowest BCUT2D eigenvalue weighted by Crippen LogP contribution is -2.31. The lowest BCUT2D eigenvalue weighted by atomic mass is 10.1. The van der Waals surface area contributed by atoms with Crippen LogP contribution in [0.2, 0.25) is 0 Å². The summed E-state index contributed by atoms with van der Waals surface area (Å²) >= 11 is 0. The average molecular weight is 236 g/mol. The summed E-state index contributed by atoms with van der Waals surface area (Å²) in [6, 6.07) is 2.08. The average Bonchev–Trinajstić information content (AvgIpc) is 2.34. The summed E-state index contributed by atoms with van der Waals surface area (Å²) in [6.07, 6.45) is 4.00. The third-order valence-electron chi connectivity index (χ3n) is 2.77. The molecule has 0 saturated carbocycles. The van der Waals surface area contributed by atoms with Gasteiger partial charge in [0.15, 0.2) is 0 Å². The first-order valence-electron chi connectivity index (χ1n) is 6.46. The fourth-order valence-electron chi connectivity index (χ4n) is 1.70. The van der Waals surface area contributed by atoms with Crippen molar-refractivity contribution in [3.05, 3.63) is 18.1 Å². The van der Waals surface area contributed by atoms with E-state index in [9.17, 15) is 0 Å². The number of nitrogens with zero attached hydrogens (tertiary/aromatic N) is 3. The van der Waals surface area contributed by atoms with Gasteiger partial charge in [0.25, 0.3) is 0 Å². The maximum absolute atomic E-state index is 5.65. The quantitative estimate of drug-likeness (QED) is 0.788. The van der Waals surface area contributed by atoms with Crippen molar-refractivity contribution < 1.29 is 0 Å². The number of aromatic nitrogens is 2. The van der Waals surface area contributed by atoms with Gasteiger partial charge in [-0.1, -0.05) is 27.2 Å². The molecule has 0 fully saturated rings. The van der Waals surface area contributed by atoms with Crippen LogP contribution < -0.4 is 10.6 Å². The number of unbranched alkanes of at least 4 members (excludes halogenated alkanes) is 1. The molecule has 0 bridgehead atoms. The summed E-state index contributed by atoms with van der Waals surface area (Å²) in [7, 11) is 0. The van der Waals surface area contributed by atoms with Gasteiger partial charge >= 0.3 is 0 Å². The predicted octanol–water partition coefficient (Wildman–Crippen LogP) is 2.17. The van der Waals surface area contributed by atoms with Gasteiger partial charge in [0, 0.05) is 31.4 Å². The largest absolute Gasteiger partial charge is 0.355 e. The Hall–Kier alpha value is -1.16. The fraction of sp³-hybridized carbons (Fsp3) is 0.692. The first-order valence-corrected chi connectivity index (χ1v) is 6.46. The predicted molar refractivity (Wildman–Crippen MR) is 72.3 cm³/mol. The van der Waals surface area contributed by atoms with E-state index in [4.69, 9.17) is 5.73 Å². The van der Waals surface area contributed by atoms with Crippen LogP contribution in [0.4, 0.5) is 5.82 Å². The molecule has 17 heavy (non-hydrogen) atoms. The second-order valence-electron chi connectivity index (χ2n) is 4.59. The summed E-state index contributed by atoms with van der Waals surface area (Å²) in [5, 5.41) is 0. The molecule has 2 N–H and O–H groups in total. The third-order valence-corrected chi connectivity index (χ3v) is 2.77. The Morgan fingerprint density at radius 2 is 2.06 bits per heavy atom. The molecule has 0 spiro atoms. The van der Waals surface area contributed by atoms with Crippen LogP contribution in [0.5, 0.6) is 0 Å². The Morgan fingerprint density at radius 3 is 2.65 bits per heavy atom. The second-order valence-corrected chi connectivity index (χ2v) is 4.59. The Kier molecular flexibility index (Phi) is 5.91. The molecule has 1 aromatic rings. The molecule has 0 aliphatic carbocycles. The van der Waals surface area contributed by atoms with Crippen LogP contribution in [0.25, 0.3) is 0 Å². The lowest BCUT2D eigenvalue weighted by Gasteiger charge is -2.23. The van der Waals surface area contributed by atoms with Crippen LogP contribution in [0.3, 0.4) is 0 Å². The van der Waals surface area contributed by atoms with Gasteiger partial charge in [0.2, 0.25) is 0 Å². The van der Waals surface area contributed by atoms with E-state index in [2.05, 4.69) is 41.7 Å². The maximum atomic E-state index is 5.65. The van der Waals surface area contributed by atoms with E-state index in [1.165, 1.54) is 12.8 Å². The standard InChI is InChI=1S/C13H24N4/c1-4-5-7-17(8-6-14)13-9-12(11(2)3)15-10-16-13/h9-11H,4-8,14H2,1-3H3. The van der Waals surface area contributed by atoms with Crippen molar-refractivity contribution in [2.75, 3.05) is 24.5 Å². The Balaban J connectivity index is 2.81. The zero-order valence-electron chi connectivity index (χ0n) is 11.2. The van der Waals surface area contributed by atoms with Crippen molar-refractivity contribution in [3.8, 4) is 0 Å². The molecular weight excluding hydrogens is 212 g/mol. The zero-order chi connectivity index (χ0) is 12.7. The van der Waals surface area contributed by atoms with Gasteiger partial charge < -0.3 is 10.6 Å². The van der Waals surface area contributed by atoms with Gasteiger partial charge in [-0.2, -0.15) is 0 Å². The molecule has 0 aromatic carbocycles. The van der Waals surface area contributed by atoms with Crippen LogP contribution in [-0.2, 0) is 0 Å². The molecule has 1 rings (SSSR count). The summed E-state index contributed by atoms with van der Waals surface area (Å²) in [5.41, 5.74) is 6.74. The highest BCUT2D eigenvalue weighted by molar-refractivity contribution is 5.39. The van der Waals surface area contributed by atoms with E-state index in [-0.39, 0.29) is 0 Å². The minimum atomic E-state index is 0.433. The molecule has 0 amide bonds.